The number of pyridine rings is 3. The lowest BCUT2D eigenvalue weighted by atomic mass is 10.1. The number of aromatic nitrogens is 3. The molecule has 2 N–H and O–H groups in total. The van der Waals surface area contributed by atoms with Gasteiger partial charge in [-0.05, 0) is 50.2 Å². The maximum atomic E-state index is 12.8. The molecule has 1 unspecified atom stereocenters. The molecule has 7 nitrogen and oxygen atoms in total. The third-order valence-corrected chi connectivity index (χ3v) is 5.36. The molecule has 0 saturated carbocycles. The molecule has 4 rings (SSSR count). The van der Waals surface area contributed by atoms with E-state index in [1.54, 1.807) is 43.5 Å². The van der Waals surface area contributed by atoms with E-state index in [0.29, 0.717) is 38.9 Å². The highest BCUT2D eigenvalue weighted by Crippen LogP contribution is 2.30. The van der Waals surface area contributed by atoms with E-state index < -0.39 is 0 Å². The summed E-state index contributed by atoms with van der Waals surface area (Å²) in [6.45, 7) is 3.91. The molecule has 4 aromatic rings. The Hall–Kier alpha value is -3.89. The minimum absolute atomic E-state index is 0.221. The standard InChI is InChI=1S/C24H20ClN5O2/c1-14-16(12-26)6-7-23(28-14)29-15(2)19-9-17-10-20(25)22(11-21(17)30-24(19)31)32-13-18-5-3-4-8-27-18/h3-11,15H,13H2,1-2H3,(H,28,29)(H,30,31). The molecule has 3 aromatic heterocycles. The summed E-state index contributed by atoms with van der Waals surface area (Å²) in [5.74, 6) is 1.06. The Kier molecular flexibility index (Phi) is 6.06. The summed E-state index contributed by atoms with van der Waals surface area (Å²) in [7, 11) is 0. The van der Waals surface area contributed by atoms with E-state index in [1.165, 1.54) is 0 Å². The van der Waals surface area contributed by atoms with E-state index in [9.17, 15) is 4.79 Å². The van der Waals surface area contributed by atoms with Gasteiger partial charge in [0.05, 0.1) is 33.5 Å². The van der Waals surface area contributed by atoms with Crippen LogP contribution in [0.5, 0.6) is 5.75 Å². The Morgan fingerprint density at radius 1 is 1.25 bits per heavy atom. The fraction of sp³-hybridized carbons (Fsp3) is 0.167. The fourth-order valence-corrected chi connectivity index (χ4v) is 3.58. The Bertz CT molecular complexity index is 1380. The van der Waals surface area contributed by atoms with Crippen LogP contribution in [0.15, 0.2) is 59.5 Å². The summed E-state index contributed by atoms with van der Waals surface area (Å²) >= 11 is 6.43. The second-order valence-corrected chi connectivity index (χ2v) is 7.75. The number of nitrogens with one attached hydrogen (secondary N) is 2. The van der Waals surface area contributed by atoms with Crippen LogP contribution in [0.4, 0.5) is 5.82 Å². The third-order valence-electron chi connectivity index (χ3n) is 5.06. The van der Waals surface area contributed by atoms with Crippen LogP contribution in [0.3, 0.4) is 0 Å². The van der Waals surface area contributed by atoms with Crippen LogP contribution in [0, 0.1) is 18.3 Å². The first-order chi connectivity index (χ1) is 15.4. The summed E-state index contributed by atoms with van der Waals surface area (Å²) in [6.07, 6.45) is 1.70. The van der Waals surface area contributed by atoms with Gasteiger partial charge in [-0.25, -0.2) is 4.98 Å². The lowest BCUT2D eigenvalue weighted by Gasteiger charge is -2.16. The zero-order valence-electron chi connectivity index (χ0n) is 17.5. The maximum Gasteiger partial charge on any atom is 0.253 e. The van der Waals surface area contributed by atoms with Crippen molar-refractivity contribution in [1.29, 1.82) is 5.26 Å². The average molecular weight is 446 g/mol. The highest BCUT2D eigenvalue weighted by Gasteiger charge is 2.14. The van der Waals surface area contributed by atoms with E-state index >= 15 is 0 Å². The molecule has 0 amide bonds. The van der Waals surface area contributed by atoms with Crippen molar-refractivity contribution in [2.45, 2.75) is 26.5 Å². The van der Waals surface area contributed by atoms with Crippen molar-refractivity contribution in [2.75, 3.05) is 5.32 Å². The van der Waals surface area contributed by atoms with Crippen LogP contribution in [0.2, 0.25) is 5.02 Å². The van der Waals surface area contributed by atoms with Gasteiger partial charge in [0.25, 0.3) is 5.56 Å². The Morgan fingerprint density at radius 2 is 2.09 bits per heavy atom. The van der Waals surface area contributed by atoms with Crippen LogP contribution < -0.4 is 15.6 Å². The number of anilines is 1. The second kappa shape index (κ2) is 9.08. The lowest BCUT2D eigenvalue weighted by molar-refractivity contribution is 0.302. The average Bonchev–Trinajstić information content (AvgIpc) is 2.78. The van der Waals surface area contributed by atoms with Crippen molar-refractivity contribution < 1.29 is 4.74 Å². The van der Waals surface area contributed by atoms with Gasteiger partial charge in [0, 0.05) is 23.2 Å². The maximum absolute atomic E-state index is 12.8. The molecule has 0 bridgehead atoms. The van der Waals surface area contributed by atoms with Crippen LogP contribution in [0.1, 0.15) is 35.5 Å². The smallest absolute Gasteiger partial charge is 0.253 e. The van der Waals surface area contributed by atoms with Gasteiger partial charge in [-0.3, -0.25) is 9.78 Å². The molecule has 0 aliphatic carbocycles. The Labute approximate surface area is 189 Å². The third kappa shape index (κ3) is 4.56. The lowest BCUT2D eigenvalue weighted by Crippen LogP contribution is -2.20. The van der Waals surface area contributed by atoms with Crippen molar-refractivity contribution in [3.05, 3.63) is 92.6 Å². The monoisotopic (exact) mass is 445 g/mol. The van der Waals surface area contributed by atoms with Gasteiger partial charge in [-0.15, -0.1) is 0 Å². The molecule has 0 radical (unpaired) electrons. The molecule has 0 fully saturated rings. The van der Waals surface area contributed by atoms with Gasteiger partial charge < -0.3 is 15.0 Å². The molecule has 3 heterocycles. The highest BCUT2D eigenvalue weighted by atomic mass is 35.5. The summed E-state index contributed by atoms with van der Waals surface area (Å²) in [4.78, 5) is 24.3. The zero-order chi connectivity index (χ0) is 22.7. The highest BCUT2D eigenvalue weighted by molar-refractivity contribution is 6.32. The minimum Gasteiger partial charge on any atom is -0.486 e. The molecule has 160 valence electrons. The Morgan fingerprint density at radius 3 is 2.81 bits per heavy atom. The predicted octanol–water partition coefficient (Wildman–Crippen LogP) is 4.90. The topological polar surface area (TPSA) is 104 Å². The van der Waals surface area contributed by atoms with E-state index in [2.05, 4.69) is 26.3 Å². The number of fused-ring (bicyclic) bond motifs is 1. The van der Waals surface area contributed by atoms with Crippen LogP contribution in [-0.2, 0) is 6.61 Å². The number of rotatable bonds is 6. The second-order valence-electron chi connectivity index (χ2n) is 7.34. The van der Waals surface area contributed by atoms with Gasteiger partial charge in [0.2, 0.25) is 0 Å². The molecule has 1 aromatic carbocycles. The summed E-state index contributed by atoms with van der Waals surface area (Å²) in [5.41, 5.74) is 2.86. The molecule has 0 spiro atoms. The number of halogens is 1. The number of ether oxygens (including phenoxy) is 1. The molecular formula is C24H20ClN5O2. The number of nitrogens with zero attached hydrogens (tertiary/aromatic N) is 3. The van der Waals surface area contributed by atoms with E-state index in [4.69, 9.17) is 21.6 Å². The summed E-state index contributed by atoms with van der Waals surface area (Å²) < 4.78 is 5.80. The zero-order valence-corrected chi connectivity index (χ0v) is 18.3. The van der Waals surface area contributed by atoms with Gasteiger partial charge in [0.1, 0.15) is 24.2 Å². The van der Waals surface area contributed by atoms with Gasteiger partial charge in [-0.1, -0.05) is 17.7 Å². The first-order valence-electron chi connectivity index (χ1n) is 9.98. The number of benzene rings is 1. The molecular weight excluding hydrogens is 426 g/mol. The number of hydrogen-bond donors (Lipinski definition) is 2. The first kappa shape index (κ1) is 21.3. The largest absolute Gasteiger partial charge is 0.486 e. The van der Waals surface area contributed by atoms with Crippen molar-refractivity contribution in [3.63, 3.8) is 0 Å². The van der Waals surface area contributed by atoms with Gasteiger partial charge in [-0.2, -0.15) is 5.26 Å². The van der Waals surface area contributed by atoms with E-state index in [-0.39, 0.29) is 18.2 Å². The predicted molar refractivity (Wildman–Crippen MR) is 124 cm³/mol. The van der Waals surface area contributed by atoms with E-state index in [0.717, 1.165) is 11.1 Å². The van der Waals surface area contributed by atoms with Crippen LogP contribution in [0.25, 0.3) is 10.9 Å². The molecule has 32 heavy (non-hydrogen) atoms. The molecule has 0 aliphatic heterocycles. The summed E-state index contributed by atoms with van der Waals surface area (Å²) in [5, 5.41) is 13.5. The normalized spacial score (nSPS) is 11.7. The minimum atomic E-state index is -0.318. The number of nitriles is 1. The number of hydrogen-bond acceptors (Lipinski definition) is 6. The molecule has 8 heteroatoms. The van der Waals surface area contributed by atoms with Crippen LogP contribution >= 0.6 is 11.6 Å². The van der Waals surface area contributed by atoms with Gasteiger partial charge in [0.15, 0.2) is 0 Å². The molecule has 0 aliphatic rings. The van der Waals surface area contributed by atoms with Crippen molar-refractivity contribution in [2.24, 2.45) is 0 Å². The number of aromatic amines is 1. The SMILES string of the molecule is Cc1nc(NC(C)c2cc3cc(Cl)c(OCc4ccccn4)cc3[nH]c2=O)ccc1C#N. The van der Waals surface area contributed by atoms with Crippen molar-refractivity contribution in [1.82, 2.24) is 15.0 Å². The number of aryl methyl sites for hydroxylation is 1. The Balaban J connectivity index is 1.58. The quantitative estimate of drug-likeness (QED) is 0.437. The van der Waals surface area contributed by atoms with Crippen molar-refractivity contribution >= 4 is 28.3 Å². The first-order valence-corrected chi connectivity index (χ1v) is 10.4. The van der Waals surface area contributed by atoms with Gasteiger partial charge >= 0.3 is 0 Å². The summed E-state index contributed by atoms with van der Waals surface area (Å²) in [6, 6.07) is 16.1. The molecule has 1 atom stereocenters. The van der Waals surface area contributed by atoms with Crippen LogP contribution in [-0.4, -0.2) is 15.0 Å². The number of H-pyrrole nitrogens is 1. The van der Waals surface area contributed by atoms with Crippen molar-refractivity contribution in [3.8, 4) is 11.8 Å². The molecule has 0 saturated heterocycles. The van der Waals surface area contributed by atoms with E-state index in [1.807, 2.05) is 25.1 Å². The fourth-order valence-electron chi connectivity index (χ4n) is 3.35.